The number of ether oxygens (including phenoxy) is 1. The highest BCUT2D eigenvalue weighted by molar-refractivity contribution is 5.76. The minimum absolute atomic E-state index is 0.0883. The summed E-state index contributed by atoms with van der Waals surface area (Å²) in [5.74, 6) is -0.417. The summed E-state index contributed by atoms with van der Waals surface area (Å²) in [6, 6.07) is 0. The molecule has 1 aromatic heterocycles. The van der Waals surface area contributed by atoms with Gasteiger partial charge in [0.05, 0.1) is 30.5 Å². The molecule has 0 aliphatic heterocycles. The molecule has 0 bridgehead atoms. The number of carbonyl (C=O) groups is 1. The van der Waals surface area contributed by atoms with Crippen molar-refractivity contribution < 1.29 is 9.53 Å². The first-order chi connectivity index (χ1) is 8.45. The van der Waals surface area contributed by atoms with Crippen molar-refractivity contribution in [1.29, 1.82) is 0 Å². The molecule has 1 rings (SSSR count). The zero-order valence-corrected chi connectivity index (χ0v) is 11.4. The van der Waals surface area contributed by atoms with Crippen LogP contribution in [-0.2, 0) is 22.5 Å². The number of carbonyl (C=O) groups excluding carboxylic acids is 1. The number of nitrogens with two attached hydrogens (primary N) is 1. The van der Waals surface area contributed by atoms with Crippen molar-refractivity contribution in [3.05, 3.63) is 11.4 Å². The molecular weight excluding hydrogens is 234 g/mol. The van der Waals surface area contributed by atoms with Gasteiger partial charge in [0.2, 0.25) is 5.91 Å². The van der Waals surface area contributed by atoms with E-state index in [9.17, 15) is 4.79 Å². The SMILES string of the molecule is COC(C)c1c(CC(N)=O)nnn1CCN(C)C. The predicted octanol–water partition coefficient (Wildman–Crippen LogP) is -0.425. The fourth-order valence-corrected chi connectivity index (χ4v) is 1.66. The van der Waals surface area contributed by atoms with Crippen LogP contribution < -0.4 is 5.73 Å². The molecular formula is C11H21N5O2. The maximum atomic E-state index is 11.0. The molecule has 0 aliphatic carbocycles. The van der Waals surface area contributed by atoms with Gasteiger partial charge in [-0.2, -0.15) is 0 Å². The van der Waals surface area contributed by atoms with Gasteiger partial charge < -0.3 is 15.4 Å². The van der Waals surface area contributed by atoms with Crippen molar-refractivity contribution in [2.24, 2.45) is 5.73 Å². The second kappa shape index (κ2) is 6.46. The van der Waals surface area contributed by atoms with E-state index in [0.29, 0.717) is 12.2 Å². The van der Waals surface area contributed by atoms with E-state index < -0.39 is 5.91 Å². The number of amides is 1. The van der Waals surface area contributed by atoms with Gasteiger partial charge in [0.1, 0.15) is 0 Å². The topological polar surface area (TPSA) is 86.3 Å². The first-order valence-electron chi connectivity index (χ1n) is 5.83. The number of rotatable bonds is 7. The zero-order valence-electron chi connectivity index (χ0n) is 11.4. The zero-order chi connectivity index (χ0) is 13.7. The molecule has 0 radical (unpaired) electrons. The van der Waals surface area contributed by atoms with Crippen LogP contribution in [0.15, 0.2) is 0 Å². The predicted molar refractivity (Wildman–Crippen MR) is 66.9 cm³/mol. The Balaban J connectivity index is 2.95. The fraction of sp³-hybridized carbons (Fsp3) is 0.727. The Morgan fingerprint density at radius 1 is 1.56 bits per heavy atom. The Bertz CT molecular complexity index is 402. The minimum atomic E-state index is -0.417. The van der Waals surface area contributed by atoms with E-state index in [-0.39, 0.29) is 12.5 Å². The number of nitrogens with zero attached hydrogens (tertiary/aromatic N) is 4. The highest BCUT2D eigenvalue weighted by Crippen LogP contribution is 2.19. The number of hydrogen-bond acceptors (Lipinski definition) is 5. The molecule has 2 N–H and O–H groups in total. The monoisotopic (exact) mass is 255 g/mol. The third-order valence-corrected chi connectivity index (χ3v) is 2.69. The van der Waals surface area contributed by atoms with Crippen LogP contribution in [0.2, 0.25) is 0 Å². The van der Waals surface area contributed by atoms with Gasteiger partial charge in [0, 0.05) is 13.7 Å². The molecule has 102 valence electrons. The van der Waals surface area contributed by atoms with E-state index in [0.717, 1.165) is 12.2 Å². The molecule has 0 fully saturated rings. The van der Waals surface area contributed by atoms with Gasteiger partial charge in [-0.15, -0.1) is 5.10 Å². The van der Waals surface area contributed by atoms with E-state index in [4.69, 9.17) is 10.5 Å². The Morgan fingerprint density at radius 2 is 2.22 bits per heavy atom. The molecule has 0 saturated heterocycles. The van der Waals surface area contributed by atoms with Crippen LogP contribution in [0.5, 0.6) is 0 Å². The Morgan fingerprint density at radius 3 is 2.72 bits per heavy atom. The van der Waals surface area contributed by atoms with E-state index >= 15 is 0 Å². The number of likely N-dealkylation sites (N-methyl/N-ethyl adjacent to an activating group) is 1. The molecule has 1 aromatic rings. The van der Waals surface area contributed by atoms with Gasteiger partial charge in [-0.1, -0.05) is 5.21 Å². The number of hydrogen-bond donors (Lipinski definition) is 1. The van der Waals surface area contributed by atoms with Crippen LogP contribution in [0.3, 0.4) is 0 Å². The van der Waals surface area contributed by atoms with Gasteiger partial charge >= 0.3 is 0 Å². The standard InChI is InChI=1S/C11H21N5O2/c1-8(18-4)11-9(7-10(12)17)13-14-16(11)6-5-15(2)3/h8H,5-7H2,1-4H3,(H2,12,17). The third-order valence-electron chi connectivity index (χ3n) is 2.69. The number of primary amides is 1. The largest absolute Gasteiger partial charge is 0.375 e. The first kappa shape index (κ1) is 14.6. The van der Waals surface area contributed by atoms with Gasteiger partial charge in [-0.3, -0.25) is 4.79 Å². The normalized spacial score (nSPS) is 12.9. The van der Waals surface area contributed by atoms with Crippen molar-refractivity contribution in [3.8, 4) is 0 Å². The van der Waals surface area contributed by atoms with Crippen LogP contribution in [0.25, 0.3) is 0 Å². The van der Waals surface area contributed by atoms with E-state index in [1.54, 1.807) is 11.8 Å². The number of aromatic nitrogens is 3. The number of methoxy groups -OCH3 is 1. The lowest BCUT2D eigenvalue weighted by atomic mass is 10.1. The third kappa shape index (κ3) is 3.78. The van der Waals surface area contributed by atoms with Crippen LogP contribution in [0, 0.1) is 0 Å². The van der Waals surface area contributed by atoms with E-state index in [2.05, 4.69) is 15.2 Å². The van der Waals surface area contributed by atoms with Gasteiger partial charge in [-0.25, -0.2) is 4.68 Å². The Labute approximate surface area is 107 Å². The smallest absolute Gasteiger partial charge is 0.223 e. The molecule has 1 amide bonds. The van der Waals surface area contributed by atoms with E-state index in [1.807, 2.05) is 21.0 Å². The summed E-state index contributed by atoms with van der Waals surface area (Å²) in [4.78, 5) is 13.1. The van der Waals surface area contributed by atoms with Gasteiger partial charge in [-0.05, 0) is 21.0 Å². The van der Waals surface area contributed by atoms with E-state index in [1.165, 1.54) is 0 Å². The molecule has 0 aromatic carbocycles. The van der Waals surface area contributed by atoms with Crippen molar-refractivity contribution in [2.75, 3.05) is 27.7 Å². The Kier molecular flexibility index (Phi) is 5.24. The van der Waals surface area contributed by atoms with Crippen LogP contribution in [0.1, 0.15) is 24.4 Å². The fourth-order valence-electron chi connectivity index (χ4n) is 1.66. The second-order valence-corrected chi connectivity index (χ2v) is 4.47. The van der Waals surface area contributed by atoms with Crippen LogP contribution in [0.4, 0.5) is 0 Å². The summed E-state index contributed by atoms with van der Waals surface area (Å²) >= 11 is 0. The average molecular weight is 255 g/mol. The molecule has 0 spiro atoms. The molecule has 1 atom stereocenters. The highest BCUT2D eigenvalue weighted by atomic mass is 16.5. The Hall–Kier alpha value is -1.47. The summed E-state index contributed by atoms with van der Waals surface area (Å²) in [6.07, 6.45) is -0.0816. The van der Waals surface area contributed by atoms with Crippen molar-refractivity contribution in [1.82, 2.24) is 19.9 Å². The summed E-state index contributed by atoms with van der Waals surface area (Å²) in [5, 5.41) is 8.08. The van der Waals surface area contributed by atoms with Crippen LogP contribution >= 0.6 is 0 Å². The average Bonchev–Trinajstić information content (AvgIpc) is 2.67. The maximum absolute atomic E-state index is 11.0. The molecule has 18 heavy (non-hydrogen) atoms. The summed E-state index contributed by atoms with van der Waals surface area (Å²) < 4.78 is 7.07. The molecule has 0 aliphatic rings. The summed E-state index contributed by atoms with van der Waals surface area (Å²) in [7, 11) is 5.59. The molecule has 1 unspecified atom stereocenters. The van der Waals surface area contributed by atoms with Gasteiger partial charge in [0.25, 0.3) is 0 Å². The lowest BCUT2D eigenvalue weighted by molar-refractivity contribution is -0.117. The van der Waals surface area contributed by atoms with Gasteiger partial charge in [0.15, 0.2) is 0 Å². The lowest BCUT2D eigenvalue weighted by Crippen LogP contribution is -2.22. The molecule has 1 heterocycles. The maximum Gasteiger partial charge on any atom is 0.223 e. The summed E-state index contributed by atoms with van der Waals surface area (Å²) in [6.45, 7) is 3.43. The lowest BCUT2D eigenvalue weighted by Gasteiger charge is -2.15. The highest BCUT2D eigenvalue weighted by Gasteiger charge is 2.20. The van der Waals surface area contributed by atoms with Crippen LogP contribution in [-0.4, -0.2) is 53.6 Å². The second-order valence-electron chi connectivity index (χ2n) is 4.47. The summed E-state index contributed by atoms with van der Waals surface area (Å²) in [5.41, 5.74) is 6.61. The van der Waals surface area contributed by atoms with Crippen molar-refractivity contribution >= 4 is 5.91 Å². The molecule has 7 heteroatoms. The van der Waals surface area contributed by atoms with Crippen molar-refractivity contribution in [3.63, 3.8) is 0 Å². The quantitative estimate of drug-likeness (QED) is 0.715. The van der Waals surface area contributed by atoms with Crippen molar-refractivity contribution in [2.45, 2.75) is 26.0 Å². The molecule has 7 nitrogen and oxygen atoms in total. The minimum Gasteiger partial charge on any atom is -0.375 e. The first-order valence-corrected chi connectivity index (χ1v) is 5.83. The molecule has 0 saturated carbocycles.